The van der Waals surface area contributed by atoms with Gasteiger partial charge in [-0.1, -0.05) is 0 Å². The lowest BCUT2D eigenvalue weighted by atomic mass is 10.2. The second kappa shape index (κ2) is 8.21. The van der Waals surface area contributed by atoms with Crippen molar-refractivity contribution in [2.24, 2.45) is 0 Å². The Morgan fingerprint density at radius 1 is 0.862 bits per heavy atom. The minimum absolute atomic E-state index is 0.0812. The first-order chi connectivity index (χ1) is 13.8. The van der Waals surface area contributed by atoms with Crippen LogP contribution in [0.25, 0.3) is 0 Å². The fourth-order valence-corrected chi connectivity index (χ4v) is 2.29. The van der Waals surface area contributed by atoms with Crippen LogP contribution >= 0.6 is 0 Å². The standard InChI is InChI=1S/C19H12F5NO4/c1-27-9-2-4-10(5-3-9)28-8-11-6-7-12(29-11)19(26)25-18-16(23)14(21)13(20)15(22)17(18)24/h2-7H,8H2,1H3,(H,25,26). The largest absolute Gasteiger partial charge is 0.497 e. The van der Waals surface area contributed by atoms with E-state index < -0.39 is 46.4 Å². The minimum atomic E-state index is -2.33. The Labute approximate surface area is 160 Å². The van der Waals surface area contributed by atoms with Crippen molar-refractivity contribution >= 4 is 11.6 Å². The van der Waals surface area contributed by atoms with Crippen LogP contribution in [0, 0.1) is 29.1 Å². The predicted octanol–water partition coefficient (Wildman–Crippen LogP) is 4.82. The van der Waals surface area contributed by atoms with Crippen LogP contribution in [0.5, 0.6) is 11.5 Å². The number of hydrogen-bond acceptors (Lipinski definition) is 4. The molecule has 10 heteroatoms. The van der Waals surface area contributed by atoms with Crippen LogP contribution in [0.1, 0.15) is 16.3 Å². The molecule has 3 aromatic rings. The van der Waals surface area contributed by atoms with Crippen LogP contribution in [0.4, 0.5) is 27.6 Å². The summed E-state index contributed by atoms with van der Waals surface area (Å²) < 4.78 is 82.4. The van der Waals surface area contributed by atoms with Gasteiger partial charge in [0.2, 0.25) is 5.82 Å². The van der Waals surface area contributed by atoms with Crippen molar-refractivity contribution in [3.05, 3.63) is 77.0 Å². The van der Waals surface area contributed by atoms with Gasteiger partial charge >= 0.3 is 0 Å². The van der Waals surface area contributed by atoms with Crippen LogP contribution in [-0.4, -0.2) is 13.0 Å². The van der Waals surface area contributed by atoms with Crippen molar-refractivity contribution in [3.63, 3.8) is 0 Å². The van der Waals surface area contributed by atoms with Crippen LogP contribution in [0.2, 0.25) is 0 Å². The van der Waals surface area contributed by atoms with E-state index in [1.165, 1.54) is 13.2 Å². The smallest absolute Gasteiger partial charge is 0.291 e. The Bertz CT molecular complexity index is 1020. The molecule has 0 aliphatic rings. The number of halogens is 5. The molecule has 2 aromatic carbocycles. The van der Waals surface area contributed by atoms with Gasteiger partial charge in [-0.2, -0.15) is 0 Å². The van der Waals surface area contributed by atoms with Crippen LogP contribution in [-0.2, 0) is 6.61 Å². The molecule has 0 radical (unpaired) electrons. The summed E-state index contributed by atoms with van der Waals surface area (Å²) in [4.78, 5) is 12.1. The topological polar surface area (TPSA) is 60.7 Å². The molecule has 0 bridgehead atoms. The number of ether oxygens (including phenoxy) is 2. The summed E-state index contributed by atoms with van der Waals surface area (Å²) in [5.74, 6) is -11.3. The zero-order chi connectivity index (χ0) is 21.1. The molecule has 0 saturated heterocycles. The van der Waals surface area contributed by atoms with Crippen molar-refractivity contribution in [2.75, 3.05) is 12.4 Å². The van der Waals surface area contributed by atoms with Crippen molar-refractivity contribution in [1.29, 1.82) is 0 Å². The molecule has 1 N–H and O–H groups in total. The first-order valence-electron chi connectivity index (χ1n) is 8.00. The summed E-state index contributed by atoms with van der Waals surface area (Å²) in [6.07, 6.45) is 0. The van der Waals surface area contributed by atoms with E-state index >= 15 is 0 Å². The maximum Gasteiger partial charge on any atom is 0.291 e. The average molecular weight is 413 g/mol. The molecule has 1 heterocycles. The van der Waals surface area contributed by atoms with Crippen LogP contribution < -0.4 is 14.8 Å². The van der Waals surface area contributed by atoms with Crippen LogP contribution in [0.15, 0.2) is 40.8 Å². The molecule has 152 valence electrons. The number of rotatable bonds is 6. The summed E-state index contributed by atoms with van der Waals surface area (Å²) in [7, 11) is 1.51. The molecule has 3 rings (SSSR count). The molecule has 0 aliphatic carbocycles. The summed E-state index contributed by atoms with van der Waals surface area (Å²) >= 11 is 0. The molecule has 0 spiro atoms. The monoisotopic (exact) mass is 413 g/mol. The third-order valence-electron chi connectivity index (χ3n) is 3.77. The van der Waals surface area contributed by atoms with Crippen molar-refractivity contribution in [3.8, 4) is 11.5 Å². The molecule has 0 atom stereocenters. The van der Waals surface area contributed by atoms with Gasteiger partial charge in [0.25, 0.3) is 5.91 Å². The maximum atomic E-state index is 13.7. The Kier molecular flexibility index (Phi) is 5.71. The van der Waals surface area contributed by atoms with E-state index in [0.29, 0.717) is 11.5 Å². The van der Waals surface area contributed by atoms with E-state index in [1.54, 1.807) is 29.6 Å². The van der Waals surface area contributed by atoms with Gasteiger partial charge in [0.1, 0.15) is 29.6 Å². The second-order valence-electron chi connectivity index (χ2n) is 5.63. The fourth-order valence-electron chi connectivity index (χ4n) is 2.29. The molecule has 29 heavy (non-hydrogen) atoms. The maximum absolute atomic E-state index is 13.7. The van der Waals surface area contributed by atoms with Gasteiger partial charge in [-0.25, -0.2) is 22.0 Å². The molecule has 0 unspecified atom stereocenters. The number of furan rings is 1. The Morgan fingerprint density at radius 3 is 2.00 bits per heavy atom. The minimum Gasteiger partial charge on any atom is -0.497 e. The van der Waals surface area contributed by atoms with E-state index in [-0.39, 0.29) is 12.4 Å². The number of anilines is 1. The van der Waals surface area contributed by atoms with Gasteiger partial charge in [0, 0.05) is 0 Å². The summed E-state index contributed by atoms with van der Waals surface area (Å²) in [5.41, 5.74) is -1.47. The van der Waals surface area contributed by atoms with E-state index in [9.17, 15) is 26.7 Å². The lowest BCUT2D eigenvalue weighted by Gasteiger charge is -2.08. The molecule has 0 aliphatic heterocycles. The van der Waals surface area contributed by atoms with Crippen molar-refractivity contribution in [1.82, 2.24) is 0 Å². The SMILES string of the molecule is COc1ccc(OCc2ccc(C(=O)Nc3c(F)c(F)c(F)c(F)c3F)o2)cc1. The number of carbonyl (C=O) groups is 1. The molecular formula is C19H12F5NO4. The number of amides is 1. The molecule has 0 saturated carbocycles. The lowest BCUT2D eigenvalue weighted by Crippen LogP contribution is -2.16. The highest BCUT2D eigenvalue weighted by molar-refractivity contribution is 6.02. The third-order valence-corrected chi connectivity index (χ3v) is 3.77. The number of nitrogens with one attached hydrogen (secondary N) is 1. The van der Waals surface area contributed by atoms with Crippen molar-refractivity contribution in [2.45, 2.75) is 6.61 Å². The summed E-state index contributed by atoms with van der Waals surface area (Å²) in [5, 5.41) is 1.62. The molecule has 1 aromatic heterocycles. The zero-order valence-electron chi connectivity index (χ0n) is 14.7. The Hall–Kier alpha value is -3.56. The van der Waals surface area contributed by atoms with Crippen LogP contribution in [0.3, 0.4) is 0 Å². The number of methoxy groups -OCH3 is 1. The highest BCUT2D eigenvalue weighted by atomic mass is 19.2. The first-order valence-corrected chi connectivity index (χ1v) is 8.00. The second-order valence-corrected chi connectivity index (χ2v) is 5.63. The highest BCUT2D eigenvalue weighted by Crippen LogP contribution is 2.27. The fraction of sp³-hybridized carbons (Fsp3) is 0.105. The average Bonchev–Trinajstić information content (AvgIpc) is 3.22. The first kappa shape index (κ1) is 20.2. The van der Waals surface area contributed by atoms with Crippen molar-refractivity contribution < 1.29 is 40.6 Å². The molecular weight excluding hydrogens is 401 g/mol. The lowest BCUT2D eigenvalue weighted by molar-refractivity contribution is 0.0991. The van der Waals surface area contributed by atoms with Gasteiger partial charge in [0.05, 0.1) is 7.11 Å². The van der Waals surface area contributed by atoms with E-state index in [0.717, 1.165) is 6.07 Å². The predicted molar refractivity (Wildman–Crippen MR) is 90.2 cm³/mol. The van der Waals surface area contributed by atoms with Gasteiger partial charge in [-0.05, 0) is 36.4 Å². The number of benzene rings is 2. The van der Waals surface area contributed by atoms with E-state index in [2.05, 4.69) is 0 Å². The van der Waals surface area contributed by atoms with E-state index in [1.807, 2.05) is 0 Å². The number of carbonyl (C=O) groups excluding carboxylic acids is 1. The van der Waals surface area contributed by atoms with E-state index in [4.69, 9.17) is 13.9 Å². The van der Waals surface area contributed by atoms with Gasteiger partial charge in [-0.3, -0.25) is 4.79 Å². The van der Waals surface area contributed by atoms with Gasteiger partial charge in [-0.15, -0.1) is 0 Å². The molecule has 5 nitrogen and oxygen atoms in total. The van der Waals surface area contributed by atoms with Gasteiger partial charge in [0.15, 0.2) is 29.0 Å². The third kappa shape index (κ3) is 4.15. The normalized spacial score (nSPS) is 10.7. The Morgan fingerprint density at radius 2 is 1.41 bits per heavy atom. The molecule has 1 amide bonds. The number of hydrogen-bond donors (Lipinski definition) is 1. The van der Waals surface area contributed by atoms with Gasteiger partial charge < -0.3 is 19.2 Å². The zero-order valence-corrected chi connectivity index (χ0v) is 14.7. The summed E-state index contributed by atoms with van der Waals surface area (Å²) in [6.45, 7) is -0.0812. The molecule has 0 fully saturated rings. The summed E-state index contributed by atoms with van der Waals surface area (Å²) in [6, 6.07) is 9.13. The Balaban J connectivity index is 1.70. The quantitative estimate of drug-likeness (QED) is 0.358. The highest BCUT2D eigenvalue weighted by Gasteiger charge is 2.27.